The van der Waals surface area contributed by atoms with Crippen molar-refractivity contribution in [2.45, 2.75) is 37.6 Å². The zero-order valence-electron chi connectivity index (χ0n) is 17.3. The number of hydrogen-bond donors (Lipinski definition) is 2. The van der Waals surface area contributed by atoms with Gasteiger partial charge in [-0.2, -0.15) is 0 Å². The van der Waals surface area contributed by atoms with Gasteiger partial charge in [0.15, 0.2) is 5.13 Å². The molecule has 0 radical (unpaired) electrons. The number of thiazole rings is 1. The van der Waals surface area contributed by atoms with Gasteiger partial charge in [0.2, 0.25) is 5.91 Å². The minimum Gasteiger partial charge on any atom is -0.359 e. The average molecular weight is 457 g/mol. The molecule has 162 valence electrons. The molecular formula is C22H24N4O3S2. The SMILES string of the molecule is Cc1ccc2c(c1)CCC(C)N2CC(=O)Nc1ccc(S(=O)(=O)Nc2nccs2)cc1. The first-order chi connectivity index (χ1) is 14.8. The number of anilines is 3. The number of amides is 1. The number of hydrogen-bond acceptors (Lipinski definition) is 6. The first-order valence-electron chi connectivity index (χ1n) is 10.0. The largest absolute Gasteiger partial charge is 0.359 e. The molecule has 7 nitrogen and oxygen atoms in total. The van der Waals surface area contributed by atoms with E-state index in [1.54, 1.807) is 17.5 Å². The first-order valence-corrected chi connectivity index (χ1v) is 12.4. The van der Waals surface area contributed by atoms with Crippen LogP contribution >= 0.6 is 11.3 Å². The van der Waals surface area contributed by atoms with Crippen LogP contribution in [0.25, 0.3) is 0 Å². The van der Waals surface area contributed by atoms with Gasteiger partial charge in [0.25, 0.3) is 10.0 Å². The van der Waals surface area contributed by atoms with Crippen molar-refractivity contribution < 1.29 is 13.2 Å². The van der Waals surface area contributed by atoms with Crippen LogP contribution in [0.3, 0.4) is 0 Å². The molecule has 1 atom stereocenters. The molecule has 0 saturated carbocycles. The second-order valence-corrected chi connectivity index (χ2v) is 10.2. The minimum atomic E-state index is -3.72. The fourth-order valence-corrected chi connectivity index (χ4v) is 5.50. The second-order valence-electron chi connectivity index (χ2n) is 7.66. The van der Waals surface area contributed by atoms with Gasteiger partial charge < -0.3 is 10.2 Å². The van der Waals surface area contributed by atoms with E-state index in [9.17, 15) is 13.2 Å². The maximum absolute atomic E-state index is 12.7. The van der Waals surface area contributed by atoms with Crippen molar-refractivity contribution in [1.82, 2.24) is 4.98 Å². The second kappa shape index (κ2) is 8.68. The number of aromatic nitrogens is 1. The molecule has 1 unspecified atom stereocenters. The normalized spacial score (nSPS) is 15.9. The molecule has 0 fully saturated rings. The molecule has 0 bridgehead atoms. The summed E-state index contributed by atoms with van der Waals surface area (Å²) in [6, 6.07) is 12.7. The van der Waals surface area contributed by atoms with E-state index < -0.39 is 10.0 Å². The molecule has 1 amide bonds. The Morgan fingerprint density at radius 2 is 2.00 bits per heavy atom. The van der Waals surface area contributed by atoms with E-state index in [4.69, 9.17) is 0 Å². The molecular weight excluding hydrogens is 432 g/mol. The Morgan fingerprint density at radius 3 is 2.71 bits per heavy atom. The summed E-state index contributed by atoms with van der Waals surface area (Å²) < 4.78 is 27.3. The number of benzene rings is 2. The van der Waals surface area contributed by atoms with Crippen LogP contribution < -0.4 is 14.9 Å². The van der Waals surface area contributed by atoms with Gasteiger partial charge in [0, 0.05) is 29.0 Å². The van der Waals surface area contributed by atoms with Crippen LogP contribution in [-0.4, -0.2) is 31.9 Å². The summed E-state index contributed by atoms with van der Waals surface area (Å²) in [4.78, 5) is 18.9. The molecule has 1 aliphatic heterocycles. The fraction of sp³-hybridized carbons (Fsp3) is 0.273. The molecule has 2 aromatic carbocycles. The highest BCUT2D eigenvalue weighted by molar-refractivity contribution is 7.93. The smallest absolute Gasteiger partial charge is 0.263 e. The third kappa shape index (κ3) is 4.88. The Kier molecular flexibility index (Phi) is 5.97. The predicted octanol–water partition coefficient (Wildman–Crippen LogP) is 4.03. The zero-order valence-corrected chi connectivity index (χ0v) is 19.0. The summed E-state index contributed by atoms with van der Waals surface area (Å²) in [6.45, 7) is 4.44. The average Bonchev–Trinajstić information content (AvgIpc) is 3.23. The zero-order chi connectivity index (χ0) is 22.0. The summed E-state index contributed by atoms with van der Waals surface area (Å²) in [7, 11) is -3.72. The fourth-order valence-electron chi connectivity index (χ4n) is 3.71. The molecule has 1 aromatic heterocycles. The van der Waals surface area contributed by atoms with Crippen LogP contribution in [0.1, 0.15) is 24.5 Å². The number of nitrogens with zero attached hydrogens (tertiary/aromatic N) is 2. The molecule has 1 aliphatic rings. The van der Waals surface area contributed by atoms with Gasteiger partial charge >= 0.3 is 0 Å². The van der Waals surface area contributed by atoms with Crippen LogP contribution in [0, 0.1) is 6.92 Å². The minimum absolute atomic E-state index is 0.106. The van der Waals surface area contributed by atoms with E-state index in [2.05, 4.69) is 52.0 Å². The lowest BCUT2D eigenvalue weighted by Gasteiger charge is -2.36. The Labute approximate surface area is 186 Å². The maximum atomic E-state index is 12.7. The van der Waals surface area contributed by atoms with Gasteiger partial charge in [-0.3, -0.25) is 9.52 Å². The summed E-state index contributed by atoms with van der Waals surface area (Å²) in [5.74, 6) is -0.142. The van der Waals surface area contributed by atoms with Gasteiger partial charge in [0.1, 0.15) is 0 Å². The van der Waals surface area contributed by atoms with Gasteiger partial charge in [-0.1, -0.05) is 17.7 Å². The highest BCUT2D eigenvalue weighted by Gasteiger charge is 2.25. The Hall–Kier alpha value is -2.91. The van der Waals surface area contributed by atoms with E-state index in [-0.39, 0.29) is 23.4 Å². The Morgan fingerprint density at radius 1 is 1.23 bits per heavy atom. The van der Waals surface area contributed by atoms with Crippen LogP contribution in [0.4, 0.5) is 16.5 Å². The third-order valence-electron chi connectivity index (χ3n) is 5.32. The van der Waals surface area contributed by atoms with Gasteiger partial charge in [-0.05, 0) is 62.6 Å². The van der Waals surface area contributed by atoms with Crippen molar-refractivity contribution in [3.8, 4) is 0 Å². The number of carbonyl (C=O) groups is 1. The van der Waals surface area contributed by atoms with Crippen LogP contribution in [0.2, 0.25) is 0 Å². The quantitative estimate of drug-likeness (QED) is 0.584. The number of nitrogens with one attached hydrogen (secondary N) is 2. The number of fused-ring (bicyclic) bond motifs is 1. The number of rotatable bonds is 6. The van der Waals surface area contributed by atoms with Crippen molar-refractivity contribution in [2.75, 3.05) is 21.5 Å². The molecule has 0 aliphatic carbocycles. The summed E-state index contributed by atoms with van der Waals surface area (Å²) in [5, 5.41) is 4.87. The molecule has 3 aromatic rings. The lowest BCUT2D eigenvalue weighted by Crippen LogP contribution is -2.42. The van der Waals surface area contributed by atoms with Crippen molar-refractivity contribution in [3.63, 3.8) is 0 Å². The lowest BCUT2D eigenvalue weighted by atomic mass is 9.95. The van der Waals surface area contributed by atoms with Crippen molar-refractivity contribution >= 4 is 43.8 Å². The number of aryl methyl sites for hydroxylation is 2. The molecule has 0 saturated heterocycles. The van der Waals surface area contributed by atoms with E-state index in [1.165, 1.54) is 40.8 Å². The van der Waals surface area contributed by atoms with E-state index in [1.807, 2.05) is 0 Å². The summed E-state index contributed by atoms with van der Waals surface area (Å²) >= 11 is 1.21. The summed E-state index contributed by atoms with van der Waals surface area (Å²) in [5.41, 5.74) is 4.14. The highest BCUT2D eigenvalue weighted by Crippen LogP contribution is 2.31. The molecule has 2 N–H and O–H groups in total. The van der Waals surface area contributed by atoms with Gasteiger partial charge in [-0.25, -0.2) is 13.4 Å². The van der Waals surface area contributed by atoms with Crippen LogP contribution in [0.15, 0.2) is 58.9 Å². The van der Waals surface area contributed by atoms with Gasteiger partial charge in [-0.15, -0.1) is 11.3 Å². The highest BCUT2D eigenvalue weighted by atomic mass is 32.2. The molecule has 31 heavy (non-hydrogen) atoms. The maximum Gasteiger partial charge on any atom is 0.263 e. The van der Waals surface area contributed by atoms with E-state index >= 15 is 0 Å². The van der Waals surface area contributed by atoms with Crippen molar-refractivity contribution in [2.24, 2.45) is 0 Å². The summed E-state index contributed by atoms with van der Waals surface area (Å²) in [6.07, 6.45) is 3.55. The Balaban J connectivity index is 1.43. The van der Waals surface area contributed by atoms with Crippen LogP contribution in [0.5, 0.6) is 0 Å². The van der Waals surface area contributed by atoms with E-state index in [0.717, 1.165) is 18.5 Å². The topological polar surface area (TPSA) is 91.4 Å². The standard InChI is InChI=1S/C22H24N4O3S2/c1-15-3-10-20-17(13-15)5-4-16(2)26(20)14-21(27)24-18-6-8-19(9-7-18)31(28,29)25-22-23-11-12-30-22/h3,6-13,16H,4-5,14H2,1-2H3,(H,23,25)(H,24,27). The molecule has 0 spiro atoms. The van der Waals surface area contributed by atoms with E-state index in [0.29, 0.717) is 10.8 Å². The number of carbonyl (C=O) groups excluding carboxylic acids is 1. The lowest BCUT2D eigenvalue weighted by molar-refractivity contribution is -0.115. The molecule has 9 heteroatoms. The third-order valence-corrected chi connectivity index (χ3v) is 7.50. The number of sulfonamides is 1. The van der Waals surface area contributed by atoms with Crippen molar-refractivity contribution in [1.29, 1.82) is 0 Å². The predicted molar refractivity (Wildman–Crippen MR) is 124 cm³/mol. The first kappa shape index (κ1) is 21.3. The Bertz CT molecular complexity index is 1180. The molecule has 2 heterocycles. The molecule has 4 rings (SSSR count). The van der Waals surface area contributed by atoms with Crippen LogP contribution in [-0.2, 0) is 21.2 Å². The van der Waals surface area contributed by atoms with Crippen molar-refractivity contribution in [3.05, 3.63) is 65.2 Å². The van der Waals surface area contributed by atoms with Gasteiger partial charge in [0.05, 0.1) is 11.4 Å². The monoisotopic (exact) mass is 456 g/mol.